The van der Waals surface area contributed by atoms with Gasteiger partial charge in [-0.3, -0.25) is 9.69 Å². The molecule has 1 aliphatic heterocycles. The predicted octanol–water partition coefficient (Wildman–Crippen LogP) is 6.79. The van der Waals surface area contributed by atoms with Crippen LogP contribution in [0.5, 0.6) is 5.75 Å². The number of carboxylic acid groups (broad SMARTS) is 1. The minimum absolute atomic E-state index is 0.119. The van der Waals surface area contributed by atoms with Crippen LogP contribution in [0.25, 0.3) is 17.3 Å². The van der Waals surface area contributed by atoms with Gasteiger partial charge in [-0.15, -0.1) is 0 Å². The zero-order valence-corrected chi connectivity index (χ0v) is 21.8. The van der Waals surface area contributed by atoms with Crippen molar-refractivity contribution >= 4 is 57.9 Å². The van der Waals surface area contributed by atoms with Crippen LogP contribution in [-0.4, -0.2) is 44.3 Å². The molecule has 1 N–H and O–H groups in total. The van der Waals surface area contributed by atoms with Gasteiger partial charge in [0, 0.05) is 17.1 Å². The maximum Gasteiger partial charge on any atom is 0.416 e. The Balaban J connectivity index is 1.41. The summed E-state index contributed by atoms with van der Waals surface area (Å²) >= 11 is 12.6. The van der Waals surface area contributed by atoms with Crippen LogP contribution >= 0.6 is 35.6 Å². The van der Waals surface area contributed by atoms with Crippen molar-refractivity contribution in [2.45, 2.75) is 12.6 Å². The van der Waals surface area contributed by atoms with Crippen LogP contribution in [0.15, 0.2) is 65.6 Å². The lowest BCUT2D eigenvalue weighted by Crippen LogP contribution is -2.29. The number of nitrogens with zero attached hydrogens (tertiary/aromatic N) is 2. The standard InChI is InChI=1S/C26H18ClF3N2O4S2/c27-20-10-7-16(26(28,29)30)13-19(20)21-4-1-3-17(31-21)14-22-23(33)32(25(37)38-22)11-2-12-36-18-8-5-15(6-9-18)24(34)35/h1,3-10,13-14H,2,11-12H2,(H,34,35)/b22-14-. The second kappa shape index (κ2) is 11.5. The number of benzene rings is 2. The van der Waals surface area contributed by atoms with E-state index in [9.17, 15) is 22.8 Å². The molecule has 4 rings (SSSR count). The summed E-state index contributed by atoms with van der Waals surface area (Å²) in [7, 11) is 0. The molecule has 38 heavy (non-hydrogen) atoms. The van der Waals surface area contributed by atoms with Crippen molar-refractivity contribution in [2.24, 2.45) is 0 Å². The molecular formula is C26H18ClF3N2O4S2. The third-order valence-electron chi connectivity index (χ3n) is 5.39. The molecule has 1 aliphatic rings. The number of ether oxygens (including phenoxy) is 1. The van der Waals surface area contributed by atoms with Gasteiger partial charge in [0.2, 0.25) is 0 Å². The maximum atomic E-state index is 13.2. The van der Waals surface area contributed by atoms with Gasteiger partial charge in [0.05, 0.1) is 34.0 Å². The molecule has 3 aromatic rings. The minimum atomic E-state index is -4.53. The monoisotopic (exact) mass is 578 g/mol. The molecule has 196 valence electrons. The van der Waals surface area contributed by atoms with Gasteiger partial charge in [-0.05, 0) is 67.1 Å². The highest BCUT2D eigenvalue weighted by molar-refractivity contribution is 8.26. The fourth-order valence-electron chi connectivity index (χ4n) is 3.51. The Labute approximate surface area is 230 Å². The van der Waals surface area contributed by atoms with Crippen molar-refractivity contribution in [2.75, 3.05) is 13.2 Å². The lowest BCUT2D eigenvalue weighted by molar-refractivity contribution is -0.137. The van der Waals surface area contributed by atoms with Gasteiger partial charge >= 0.3 is 12.1 Å². The Hall–Kier alpha value is -3.41. The SMILES string of the molecule is O=C(O)c1ccc(OCCCN2C(=O)/C(=C/c3cccc(-c4cc(C(F)(F)F)ccc4Cl)n3)SC2=S)cc1. The second-order valence-corrected chi connectivity index (χ2v) is 10.1. The summed E-state index contributed by atoms with van der Waals surface area (Å²) in [6.07, 6.45) is -2.52. The van der Waals surface area contributed by atoms with E-state index in [0.29, 0.717) is 33.6 Å². The van der Waals surface area contributed by atoms with E-state index in [1.165, 1.54) is 29.2 Å². The molecule has 0 radical (unpaired) electrons. The van der Waals surface area contributed by atoms with Crippen LogP contribution < -0.4 is 4.74 Å². The van der Waals surface area contributed by atoms with Crippen molar-refractivity contribution in [3.05, 3.63) is 87.4 Å². The number of hydrogen-bond donors (Lipinski definition) is 1. The molecule has 0 atom stereocenters. The molecule has 1 aromatic heterocycles. The molecule has 0 bridgehead atoms. The topological polar surface area (TPSA) is 79.7 Å². The van der Waals surface area contributed by atoms with Crippen molar-refractivity contribution in [1.82, 2.24) is 9.88 Å². The average molecular weight is 579 g/mol. The maximum absolute atomic E-state index is 13.2. The van der Waals surface area contributed by atoms with Crippen LogP contribution in [0.4, 0.5) is 13.2 Å². The molecule has 1 saturated heterocycles. The second-order valence-electron chi connectivity index (χ2n) is 8.00. The summed E-state index contributed by atoms with van der Waals surface area (Å²) in [5, 5.41) is 9.06. The van der Waals surface area contributed by atoms with E-state index in [2.05, 4.69) is 4.98 Å². The van der Waals surface area contributed by atoms with Gasteiger partial charge in [0.1, 0.15) is 10.1 Å². The molecule has 0 unspecified atom stereocenters. The van der Waals surface area contributed by atoms with Gasteiger partial charge in [-0.25, -0.2) is 9.78 Å². The average Bonchev–Trinajstić information content (AvgIpc) is 3.13. The van der Waals surface area contributed by atoms with Gasteiger partial charge in [-0.1, -0.05) is 41.6 Å². The molecule has 12 heteroatoms. The largest absolute Gasteiger partial charge is 0.494 e. The predicted molar refractivity (Wildman–Crippen MR) is 143 cm³/mol. The molecule has 2 heterocycles. The van der Waals surface area contributed by atoms with Crippen molar-refractivity contribution in [3.63, 3.8) is 0 Å². The quantitative estimate of drug-likeness (QED) is 0.179. The first-order chi connectivity index (χ1) is 18.0. The highest BCUT2D eigenvalue weighted by Gasteiger charge is 2.32. The molecule has 0 saturated carbocycles. The van der Waals surface area contributed by atoms with Gasteiger partial charge in [0.25, 0.3) is 5.91 Å². The van der Waals surface area contributed by atoms with E-state index >= 15 is 0 Å². The molecule has 0 aliphatic carbocycles. The number of halogens is 4. The number of carboxylic acids is 1. The van der Waals surface area contributed by atoms with Crippen LogP contribution in [-0.2, 0) is 11.0 Å². The first-order valence-corrected chi connectivity index (χ1v) is 12.7. The van der Waals surface area contributed by atoms with Crippen molar-refractivity contribution in [1.29, 1.82) is 0 Å². The number of carbonyl (C=O) groups excluding carboxylic acids is 1. The number of rotatable bonds is 8. The van der Waals surface area contributed by atoms with E-state index in [1.807, 2.05) is 0 Å². The summed E-state index contributed by atoms with van der Waals surface area (Å²) in [6, 6.07) is 13.8. The fourth-order valence-corrected chi connectivity index (χ4v) is 5.02. The smallest absolute Gasteiger partial charge is 0.416 e. The molecule has 1 fully saturated rings. The number of carbonyl (C=O) groups is 2. The number of amides is 1. The number of thioether (sulfide) groups is 1. The van der Waals surface area contributed by atoms with Crippen LogP contribution in [0.1, 0.15) is 28.0 Å². The molecule has 0 spiro atoms. The molecule has 1 amide bonds. The normalized spacial score (nSPS) is 14.8. The summed E-state index contributed by atoms with van der Waals surface area (Å²) in [5.41, 5.74) is 0.0382. The molecular weight excluding hydrogens is 561 g/mol. The van der Waals surface area contributed by atoms with Gasteiger partial charge < -0.3 is 9.84 Å². The van der Waals surface area contributed by atoms with E-state index in [0.717, 1.165) is 23.9 Å². The minimum Gasteiger partial charge on any atom is -0.494 e. The Morgan fingerprint density at radius 1 is 1.16 bits per heavy atom. The van der Waals surface area contributed by atoms with Crippen molar-refractivity contribution in [3.8, 4) is 17.0 Å². The molecule has 2 aromatic carbocycles. The summed E-state index contributed by atoms with van der Waals surface area (Å²) in [4.78, 5) is 30.0. The van der Waals surface area contributed by atoms with E-state index in [-0.39, 0.29) is 34.4 Å². The van der Waals surface area contributed by atoms with Gasteiger partial charge in [0.15, 0.2) is 0 Å². The number of hydrogen-bond acceptors (Lipinski definition) is 6. The number of pyridine rings is 1. The van der Waals surface area contributed by atoms with Gasteiger partial charge in [-0.2, -0.15) is 13.2 Å². The molecule has 6 nitrogen and oxygen atoms in total. The Bertz CT molecular complexity index is 1430. The van der Waals surface area contributed by atoms with E-state index in [4.69, 9.17) is 33.7 Å². The lowest BCUT2D eigenvalue weighted by atomic mass is 10.1. The van der Waals surface area contributed by atoms with Crippen molar-refractivity contribution < 1.29 is 32.6 Å². The summed E-state index contributed by atoms with van der Waals surface area (Å²) < 4.78 is 45.5. The Morgan fingerprint density at radius 2 is 1.89 bits per heavy atom. The Morgan fingerprint density at radius 3 is 2.58 bits per heavy atom. The van der Waals surface area contributed by atoms with E-state index in [1.54, 1.807) is 30.3 Å². The highest BCUT2D eigenvalue weighted by Crippen LogP contribution is 2.36. The third kappa shape index (κ3) is 6.53. The zero-order valence-electron chi connectivity index (χ0n) is 19.4. The lowest BCUT2D eigenvalue weighted by Gasteiger charge is -2.14. The Kier molecular flexibility index (Phi) is 8.39. The highest BCUT2D eigenvalue weighted by atomic mass is 35.5. The van der Waals surface area contributed by atoms with Crippen LogP contribution in [0.2, 0.25) is 5.02 Å². The number of alkyl halides is 3. The van der Waals surface area contributed by atoms with Crippen LogP contribution in [0, 0.1) is 0 Å². The zero-order chi connectivity index (χ0) is 27.4. The summed E-state index contributed by atoms with van der Waals surface area (Å²) in [6.45, 7) is 0.590. The summed E-state index contributed by atoms with van der Waals surface area (Å²) in [5.74, 6) is -0.831. The first kappa shape index (κ1) is 27.6. The fraction of sp³-hybridized carbons (Fsp3) is 0.154. The number of aromatic carboxylic acids is 1. The third-order valence-corrected chi connectivity index (χ3v) is 7.10. The number of aromatic nitrogens is 1. The number of thiocarbonyl (C=S) groups is 1. The van der Waals surface area contributed by atoms with Crippen LogP contribution in [0.3, 0.4) is 0 Å². The first-order valence-electron chi connectivity index (χ1n) is 11.1. The van der Waals surface area contributed by atoms with E-state index < -0.39 is 17.7 Å².